The van der Waals surface area contributed by atoms with Gasteiger partial charge in [0.15, 0.2) is 0 Å². The Hall–Kier alpha value is -1.80. The molecule has 0 spiro atoms. The number of alkyl halides is 1. The molecule has 3 N–H and O–H groups in total. The van der Waals surface area contributed by atoms with Crippen LogP contribution in [-0.2, 0) is 0 Å². The fraction of sp³-hybridized carbons (Fsp3) is 0.421. The molecule has 1 aliphatic rings. The van der Waals surface area contributed by atoms with Crippen molar-refractivity contribution in [1.29, 1.82) is 0 Å². The van der Waals surface area contributed by atoms with Crippen LogP contribution in [0.4, 0.5) is 22.2 Å². The van der Waals surface area contributed by atoms with Crippen LogP contribution in [0.2, 0.25) is 10.0 Å². The largest absolute Gasteiger partial charge is 0.366 e. The van der Waals surface area contributed by atoms with Crippen LogP contribution in [0.25, 0.3) is 0 Å². The molecule has 10 heteroatoms. The van der Waals surface area contributed by atoms with Crippen molar-refractivity contribution in [3.05, 3.63) is 40.0 Å². The zero-order chi connectivity index (χ0) is 21.0. The first-order valence-electron chi connectivity index (χ1n) is 9.34. The molecular formula is C19H23Cl3N6O. The quantitative estimate of drug-likeness (QED) is 0.559. The van der Waals surface area contributed by atoms with E-state index in [4.69, 9.17) is 34.8 Å². The Bertz CT molecular complexity index is 881. The molecule has 156 valence electrons. The van der Waals surface area contributed by atoms with Gasteiger partial charge in [-0.05, 0) is 38.1 Å². The predicted octanol–water partition coefficient (Wildman–Crippen LogP) is 4.85. The first-order valence-corrected chi connectivity index (χ1v) is 10.5. The number of aryl methyl sites for hydroxylation is 1. The Labute approximate surface area is 185 Å². The summed E-state index contributed by atoms with van der Waals surface area (Å²) in [6.45, 7) is 6.70. The highest BCUT2D eigenvalue weighted by Crippen LogP contribution is 2.25. The van der Waals surface area contributed by atoms with Crippen molar-refractivity contribution < 1.29 is 4.79 Å². The zero-order valence-corrected chi connectivity index (χ0v) is 18.4. The normalized spacial score (nSPS) is 19.6. The molecule has 29 heavy (non-hydrogen) atoms. The number of hydrogen-bond donors (Lipinski definition) is 3. The topological polar surface area (TPSA) is 82.2 Å². The minimum atomic E-state index is -0.476. The smallest absolute Gasteiger partial charge is 0.326 e. The molecule has 2 unspecified atom stereocenters. The molecule has 0 saturated carbocycles. The highest BCUT2D eigenvalue weighted by Gasteiger charge is 2.25. The van der Waals surface area contributed by atoms with Gasteiger partial charge in [-0.25, -0.2) is 9.78 Å². The number of anilines is 3. The van der Waals surface area contributed by atoms with Gasteiger partial charge in [0, 0.05) is 42.0 Å². The van der Waals surface area contributed by atoms with Crippen LogP contribution in [0.5, 0.6) is 0 Å². The highest BCUT2D eigenvalue weighted by atomic mass is 35.5. The van der Waals surface area contributed by atoms with E-state index < -0.39 is 6.03 Å². The minimum absolute atomic E-state index is 0.0960. The summed E-state index contributed by atoms with van der Waals surface area (Å²) in [4.78, 5) is 23.3. The van der Waals surface area contributed by atoms with Gasteiger partial charge in [-0.15, -0.1) is 11.6 Å². The van der Waals surface area contributed by atoms with Crippen molar-refractivity contribution in [1.82, 2.24) is 14.9 Å². The maximum absolute atomic E-state index is 12.3. The lowest BCUT2D eigenvalue weighted by Crippen LogP contribution is -2.46. The molecule has 3 rings (SSSR count). The van der Waals surface area contributed by atoms with E-state index in [0.29, 0.717) is 21.6 Å². The number of carbonyl (C=O) groups excluding carboxylic acids is 1. The van der Waals surface area contributed by atoms with E-state index >= 15 is 0 Å². The molecule has 1 aromatic carbocycles. The number of halogens is 3. The summed E-state index contributed by atoms with van der Waals surface area (Å²) < 4.78 is 0. The lowest BCUT2D eigenvalue weighted by Gasteiger charge is -2.35. The van der Waals surface area contributed by atoms with E-state index in [0.717, 1.165) is 31.7 Å². The van der Waals surface area contributed by atoms with Crippen molar-refractivity contribution in [3.63, 3.8) is 0 Å². The van der Waals surface area contributed by atoms with Gasteiger partial charge in [-0.3, -0.25) is 5.32 Å². The zero-order valence-electron chi connectivity index (χ0n) is 16.2. The molecular weight excluding hydrogens is 435 g/mol. The van der Waals surface area contributed by atoms with Gasteiger partial charge < -0.3 is 15.5 Å². The molecule has 1 aromatic heterocycles. The van der Waals surface area contributed by atoms with Crippen molar-refractivity contribution in [2.45, 2.75) is 31.7 Å². The van der Waals surface area contributed by atoms with Crippen molar-refractivity contribution in [2.24, 2.45) is 0 Å². The summed E-state index contributed by atoms with van der Waals surface area (Å²) in [5, 5.41) is 9.61. The molecule has 1 fully saturated rings. The average molecular weight is 458 g/mol. The number of carbonyl (C=O) groups is 1. The molecule has 1 saturated heterocycles. The molecule has 1 aliphatic heterocycles. The van der Waals surface area contributed by atoms with Gasteiger partial charge in [-0.1, -0.05) is 30.1 Å². The number of piperidine rings is 1. The van der Waals surface area contributed by atoms with Crippen LogP contribution < -0.4 is 16.0 Å². The van der Waals surface area contributed by atoms with Crippen molar-refractivity contribution >= 4 is 58.3 Å². The third kappa shape index (κ3) is 6.34. The van der Waals surface area contributed by atoms with Crippen LogP contribution in [0.3, 0.4) is 0 Å². The first kappa shape index (κ1) is 21.9. The Kier molecular flexibility index (Phi) is 7.40. The second-order valence-corrected chi connectivity index (χ2v) is 8.38. The van der Waals surface area contributed by atoms with Crippen LogP contribution in [-0.4, -0.2) is 52.0 Å². The highest BCUT2D eigenvalue weighted by molar-refractivity contribution is 6.42. The molecule has 2 amide bonds. The van der Waals surface area contributed by atoms with Gasteiger partial charge in [0.2, 0.25) is 5.95 Å². The molecule has 2 heterocycles. The number of urea groups is 1. The Balaban J connectivity index is 1.65. The molecule has 2 aromatic rings. The van der Waals surface area contributed by atoms with Gasteiger partial charge >= 0.3 is 6.03 Å². The number of benzene rings is 1. The van der Waals surface area contributed by atoms with Crippen molar-refractivity contribution in [2.75, 3.05) is 35.6 Å². The van der Waals surface area contributed by atoms with E-state index in [-0.39, 0.29) is 17.4 Å². The standard InChI is InChI=1S/C19H23Cl3N6O/c1-3-28-9-12(20)7-14(10-28)24-17-6-11(2)23-18(26-17)27-19(29)25-13-4-5-15(21)16(22)8-13/h4-6,8,12,14H,3,7,9-10H2,1-2H3,(H3,23,24,25,26,27,29). The van der Waals surface area contributed by atoms with Crippen LogP contribution in [0.1, 0.15) is 19.0 Å². The average Bonchev–Trinajstić information content (AvgIpc) is 2.63. The summed E-state index contributed by atoms with van der Waals surface area (Å²) in [5.74, 6) is 0.852. The Morgan fingerprint density at radius 3 is 2.69 bits per heavy atom. The second-order valence-electron chi connectivity index (χ2n) is 6.95. The number of hydrogen-bond acceptors (Lipinski definition) is 5. The predicted molar refractivity (Wildman–Crippen MR) is 120 cm³/mol. The SMILES string of the molecule is CCN1CC(Cl)CC(Nc2cc(C)nc(NC(=O)Nc3ccc(Cl)c(Cl)c3)n2)C1. The van der Waals surface area contributed by atoms with Gasteiger partial charge in [0.05, 0.1) is 10.0 Å². The number of rotatable bonds is 5. The van der Waals surface area contributed by atoms with E-state index in [1.165, 1.54) is 0 Å². The van der Waals surface area contributed by atoms with Crippen molar-refractivity contribution in [3.8, 4) is 0 Å². The maximum Gasteiger partial charge on any atom is 0.326 e. The molecule has 0 bridgehead atoms. The first-order chi connectivity index (χ1) is 13.8. The van der Waals surface area contributed by atoms with Crippen LogP contribution in [0.15, 0.2) is 24.3 Å². The number of likely N-dealkylation sites (N-methyl/N-ethyl adjacent to an activating group) is 1. The fourth-order valence-electron chi connectivity index (χ4n) is 3.23. The second kappa shape index (κ2) is 9.80. The van der Waals surface area contributed by atoms with E-state index in [9.17, 15) is 4.79 Å². The number of amides is 2. The van der Waals surface area contributed by atoms with Crippen LogP contribution in [0, 0.1) is 6.92 Å². The number of nitrogens with zero attached hydrogens (tertiary/aromatic N) is 3. The summed E-state index contributed by atoms with van der Waals surface area (Å²) in [5.41, 5.74) is 1.25. The lowest BCUT2D eigenvalue weighted by atomic mass is 10.1. The lowest BCUT2D eigenvalue weighted by molar-refractivity contribution is 0.230. The molecule has 2 atom stereocenters. The van der Waals surface area contributed by atoms with Crippen LogP contribution >= 0.6 is 34.8 Å². The molecule has 7 nitrogen and oxygen atoms in total. The third-order valence-corrected chi connectivity index (χ3v) is 5.59. The summed E-state index contributed by atoms with van der Waals surface area (Å²) in [6.07, 6.45) is 0.849. The van der Waals surface area contributed by atoms with E-state index in [2.05, 4.69) is 37.7 Å². The number of likely N-dealkylation sites (tertiary alicyclic amines) is 1. The van der Waals surface area contributed by atoms with Gasteiger partial charge in [-0.2, -0.15) is 4.98 Å². The monoisotopic (exact) mass is 456 g/mol. The van der Waals surface area contributed by atoms with Gasteiger partial charge in [0.25, 0.3) is 0 Å². The minimum Gasteiger partial charge on any atom is -0.366 e. The third-order valence-electron chi connectivity index (χ3n) is 4.53. The number of nitrogens with one attached hydrogen (secondary N) is 3. The van der Waals surface area contributed by atoms with E-state index in [1.807, 2.05) is 13.0 Å². The summed E-state index contributed by atoms with van der Waals surface area (Å²) >= 11 is 18.2. The summed E-state index contributed by atoms with van der Waals surface area (Å²) in [7, 11) is 0. The Morgan fingerprint density at radius 2 is 1.97 bits per heavy atom. The fourth-order valence-corrected chi connectivity index (χ4v) is 3.94. The summed E-state index contributed by atoms with van der Waals surface area (Å²) in [6, 6.07) is 6.38. The maximum atomic E-state index is 12.3. The van der Waals surface area contributed by atoms with Gasteiger partial charge in [0.1, 0.15) is 5.82 Å². The molecule has 0 radical (unpaired) electrons. The number of aromatic nitrogens is 2. The Morgan fingerprint density at radius 1 is 1.17 bits per heavy atom. The molecule has 0 aliphatic carbocycles. The van der Waals surface area contributed by atoms with E-state index in [1.54, 1.807) is 18.2 Å².